The van der Waals surface area contributed by atoms with Crippen molar-refractivity contribution in [3.8, 4) is 0 Å². The van der Waals surface area contributed by atoms with Crippen LogP contribution in [-0.4, -0.2) is 34.9 Å². The lowest BCUT2D eigenvalue weighted by Gasteiger charge is -2.32. The lowest BCUT2D eigenvalue weighted by molar-refractivity contribution is 0.0908. The molecule has 0 spiro atoms. The largest absolute Gasteiger partial charge is 0.399 e. The fraction of sp³-hybridized carbons (Fsp3) is 0.368. The van der Waals surface area contributed by atoms with E-state index in [1.807, 2.05) is 37.4 Å². The number of nitrogens with one attached hydrogen (secondary N) is 1. The summed E-state index contributed by atoms with van der Waals surface area (Å²) in [6, 6.07) is 11.7. The van der Waals surface area contributed by atoms with E-state index in [2.05, 4.69) is 21.3 Å². The Labute approximate surface area is 179 Å². The number of rotatable bonds is 4. The lowest BCUT2D eigenvalue weighted by atomic mass is 10.0. The second-order valence-corrected chi connectivity index (χ2v) is 6.42. The number of carbonyl (C=O) groups is 1. The van der Waals surface area contributed by atoms with Crippen molar-refractivity contribution in [2.45, 2.75) is 32.4 Å². The molecule has 3 N–H and O–H groups in total. The molecule has 150 valence electrons. The summed E-state index contributed by atoms with van der Waals surface area (Å²) in [5, 5.41) is 3.15. The number of hydrogen-bond donors (Lipinski definition) is 2. The fourth-order valence-electron chi connectivity index (χ4n) is 3.10. The number of pyridine rings is 1. The molecule has 0 saturated carbocycles. The zero-order valence-corrected chi connectivity index (χ0v) is 17.7. The maximum absolute atomic E-state index is 12.5. The maximum Gasteiger partial charge on any atom is 0.251 e. The normalized spacial score (nSPS) is 14.3. The second-order valence-electron chi connectivity index (χ2n) is 6.42. The first-order valence-corrected chi connectivity index (χ1v) is 8.41. The van der Waals surface area contributed by atoms with E-state index < -0.39 is 0 Å². The number of halogens is 3. The molecule has 27 heavy (non-hydrogen) atoms. The minimum Gasteiger partial charge on any atom is -0.399 e. The Bertz CT molecular complexity index is 707. The maximum atomic E-state index is 12.5. The predicted molar refractivity (Wildman–Crippen MR) is 117 cm³/mol. The first kappa shape index (κ1) is 25.5. The van der Waals surface area contributed by atoms with Crippen LogP contribution in [0, 0.1) is 6.92 Å². The number of carbonyl (C=O) groups excluding carboxylic acids is 1. The number of hydrogen-bond acceptors (Lipinski definition) is 4. The van der Waals surface area contributed by atoms with Crippen molar-refractivity contribution in [1.29, 1.82) is 0 Å². The van der Waals surface area contributed by atoms with Crippen molar-refractivity contribution in [2.24, 2.45) is 0 Å². The van der Waals surface area contributed by atoms with E-state index in [1.54, 1.807) is 6.07 Å². The highest BCUT2D eigenvalue weighted by atomic mass is 35.5. The third-order valence-corrected chi connectivity index (χ3v) is 4.54. The molecule has 0 atom stereocenters. The molecule has 0 radical (unpaired) electrons. The third-order valence-electron chi connectivity index (χ3n) is 4.54. The number of aromatic nitrogens is 1. The molecule has 8 heteroatoms. The molecular weight excluding hydrogens is 407 g/mol. The molecule has 3 rings (SSSR count). The lowest BCUT2D eigenvalue weighted by Crippen LogP contribution is -2.44. The summed E-state index contributed by atoms with van der Waals surface area (Å²) in [6.07, 6.45) is 3.75. The van der Waals surface area contributed by atoms with Crippen molar-refractivity contribution >= 4 is 48.8 Å². The van der Waals surface area contributed by atoms with Crippen molar-refractivity contribution in [1.82, 2.24) is 15.2 Å². The molecular formula is C19H27Cl3N4O. The van der Waals surface area contributed by atoms with E-state index in [0.717, 1.165) is 43.7 Å². The number of amides is 1. The number of nitrogens with zero attached hydrogens (tertiary/aromatic N) is 2. The van der Waals surface area contributed by atoms with Gasteiger partial charge in [0.1, 0.15) is 0 Å². The van der Waals surface area contributed by atoms with Crippen molar-refractivity contribution in [3.05, 3.63) is 59.4 Å². The van der Waals surface area contributed by atoms with Crippen LogP contribution < -0.4 is 11.1 Å². The number of nitrogen functional groups attached to an aromatic ring is 1. The van der Waals surface area contributed by atoms with Crippen LogP contribution in [0.15, 0.2) is 42.6 Å². The Morgan fingerprint density at radius 2 is 1.89 bits per heavy atom. The zero-order valence-electron chi connectivity index (χ0n) is 15.3. The molecule has 1 fully saturated rings. The number of anilines is 1. The van der Waals surface area contributed by atoms with Gasteiger partial charge in [-0.15, -0.1) is 37.2 Å². The van der Waals surface area contributed by atoms with E-state index in [-0.39, 0.29) is 49.2 Å². The van der Waals surface area contributed by atoms with Gasteiger partial charge in [-0.2, -0.15) is 0 Å². The van der Waals surface area contributed by atoms with Crippen LogP contribution in [0.25, 0.3) is 0 Å². The predicted octanol–water partition coefficient (Wildman–Crippen LogP) is 3.63. The molecule has 1 aromatic carbocycles. The first-order valence-electron chi connectivity index (χ1n) is 8.41. The first-order chi connectivity index (χ1) is 11.6. The van der Waals surface area contributed by atoms with Gasteiger partial charge in [-0.1, -0.05) is 12.1 Å². The van der Waals surface area contributed by atoms with E-state index in [1.165, 1.54) is 0 Å². The molecule has 0 bridgehead atoms. The summed E-state index contributed by atoms with van der Waals surface area (Å²) in [6.45, 7) is 4.74. The number of benzene rings is 1. The van der Waals surface area contributed by atoms with Gasteiger partial charge < -0.3 is 11.1 Å². The van der Waals surface area contributed by atoms with Gasteiger partial charge in [0.05, 0.1) is 5.69 Å². The molecule has 2 aromatic rings. The molecule has 1 aliphatic rings. The van der Waals surface area contributed by atoms with Crippen LogP contribution in [0.5, 0.6) is 0 Å². The Balaban J connectivity index is 0.00000225. The van der Waals surface area contributed by atoms with Gasteiger partial charge in [0.25, 0.3) is 5.91 Å². The van der Waals surface area contributed by atoms with Gasteiger partial charge in [-0.3, -0.25) is 14.7 Å². The third kappa shape index (κ3) is 7.18. The number of likely N-dealkylation sites (tertiary alicyclic amines) is 1. The SMILES string of the molecule is Cc1ccc(N)cc1C(=O)NC1CCN(Cc2ccccn2)CC1.Cl.Cl.Cl. The second kappa shape index (κ2) is 12.0. The smallest absolute Gasteiger partial charge is 0.251 e. The Kier molecular flexibility index (Phi) is 11.4. The monoisotopic (exact) mass is 432 g/mol. The molecule has 1 aliphatic heterocycles. The summed E-state index contributed by atoms with van der Waals surface area (Å²) in [5.41, 5.74) is 9.14. The van der Waals surface area contributed by atoms with Crippen LogP contribution in [0.3, 0.4) is 0 Å². The molecule has 1 aromatic heterocycles. The Hall–Kier alpha value is -1.53. The van der Waals surface area contributed by atoms with Crippen molar-refractivity contribution < 1.29 is 4.79 Å². The van der Waals surface area contributed by atoms with Crippen LogP contribution in [0.4, 0.5) is 5.69 Å². The van der Waals surface area contributed by atoms with Crippen LogP contribution in [0.1, 0.15) is 34.5 Å². The van der Waals surface area contributed by atoms with Gasteiger partial charge in [0.15, 0.2) is 0 Å². The standard InChI is InChI=1S/C19H24N4O.3ClH/c1-14-5-6-15(20)12-18(14)19(24)22-16-7-10-23(11-8-16)13-17-4-2-3-9-21-17;;;/h2-6,9,12,16H,7-8,10-11,13,20H2,1H3,(H,22,24);3*1H. The summed E-state index contributed by atoms with van der Waals surface area (Å²) in [5.74, 6) is -0.0250. The van der Waals surface area contributed by atoms with Gasteiger partial charge in [0.2, 0.25) is 0 Å². The van der Waals surface area contributed by atoms with Crippen molar-refractivity contribution in [2.75, 3.05) is 18.8 Å². The molecule has 0 unspecified atom stereocenters. The van der Waals surface area contributed by atoms with Gasteiger partial charge >= 0.3 is 0 Å². The van der Waals surface area contributed by atoms with E-state index in [4.69, 9.17) is 5.73 Å². The summed E-state index contributed by atoms with van der Waals surface area (Å²) in [7, 11) is 0. The Morgan fingerprint density at radius 1 is 1.19 bits per heavy atom. The average molecular weight is 434 g/mol. The minimum atomic E-state index is -0.0250. The van der Waals surface area contributed by atoms with Crippen molar-refractivity contribution in [3.63, 3.8) is 0 Å². The molecule has 5 nitrogen and oxygen atoms in total. The molecule has 0 aliphatic carbocycles. The van der Waals surface area contributed by atoms with Crippen LogP contribution in [0.2, 0.25) is 0 Å². The van der Waals surface area contributed by atoms with E-state index in [9.17, 15) is 4.79 Å². The van der Waals surface area contributed by atoms with Crippen LogP contribution >= 0.6 is 37.2 Å². The fourth-order valence-corrected chi connectivity index (χ4v) is 3.10. The average Bonchev–Trinajstić information content (AvgIpc) is 2.59. The number of piperidine rings is 1. The highest BCUT2D eigenvalue weighted by molar-refractivity contribution is 5.96. The van der Waals surface area contributed by atoms with Gasteiger partial charge in [-0.05, 0) is 49.6 Å². The number of aryl methyl sites for hydroxylation is 1. The van der Waals surface area contributed by atoms with E-state index in [0.29, 0.717) is 11.3 Å². The summed E-state index contributed by atoms with van der Waals surface area (Å²) >= 11 is 0. The summed E-state index contributed by atoms with van der Waals surface area (Å²) < 4.78 is 0. The Morgan fingerprint density at radius 3 is 2.52 bits per heavy atom. The summed E-state index contributed by atoms with van der Waals surface area (Å²) in [4.78, 5) is 19.2. The molecule has 1 amide bonds. The highest BCUT2D eigenvalue weighted by Crippen LogP contribution is 2.16. The van der Waals surface area contributed by atoms with Gasteiger partial charge in [0, 0.05) is 43.1 Å². The molecule has 2 heterocycles. The zero-order chi connectivity index (χ0) is 16.9. The topological polar surface area (TPSA) is 71.2 Å². The minimum absolute atomic E-state index is 0. The number of nitrogens with two attached hydrogens (primary N) is 1. The highest BCUT2D eigenvalue weighted by Gasteiger charge is 2.22. The van der Waals surface area contributed by atoms with Gasteiger partial charge in [-0.25, -0.2) is 0 Å². The van der Waals surface area contributed by atoms with E-state index >= 15 is 0 Å². The quantitative estimate of drug-likeness (QED) is 0.722. The molecule has 1 saturated heterocycles. The van der Waals surface area contributed by atoms with Crippen LogP contribution in [-0.2, 0) is 6.54 Å².